The van der Waals surface area contributed by atoms with E-state index in [4.69, 9.17) is 4.74 Å². The molecule has 0 saturated carbocycles. The third-order valence-electron chi connectivity index (χ3n) is 2.54. The van der Waals surface area contributed by atoms with Gasteiger partial charge in [0.25, 0.3) is 0 Å². The molecule has 0 saturated heterocycles. The molecular formula is C15H20N2O4S. The summed E-state index contributed by atoms with van der Waals surface area (Å²) in [4.78, 5) is 34.2. The van der Waals surface area contributed by atoms with Crippen molar-refractivity contribution in [2.24, 2.45) is 0 Å². The molecule has 0 radical (unpaired) electrons. The van der Waals surface area contributed by atoms with Crippen LogP contribution in [0.15, 0.2) is 24.3 Å². The summed E-state index contributed by atoms with van der Waals surface area (Å²) < 4.78 is 5.25. The average molecular weight is 324 g/mol. The maximum Gasteiger partial charge on any atom is 0.334 e. The Balaban J connectivity index is 2.67. The first-order valence-corrected chi connectivity index (χ1v) is 8.02. The molecule has 0 fully saturated rings. The number of thioether (sulfide) groups is 1. The number of rotatable bonds is 7. The molecule has 0 bridgehead atoms. The van der Waals surface area contributed by atoms with Crippen molar-refractivity contribution in [3.05, 3.63) is 24.3 Å². The van der Waals surface area contributed by atoms with Gasteiger partial charge in [-0.05, 0) is 30.0 Å². The Labute approximate surface area is 134 Å². The van der Waals surface area contributed by atoms with Crippen molar-refractivity contribution >= 4 is 35.2 Å². The van der Waals surface area contributed by atoms with E-state index in [9.17, 15) is 14.4 Å². The molecule has 2 amide bonds. The van der Waals surface area contributed by atoms with Gasteiger partial charge in [0.05, 0.1) is 0 Å². The molecule has 1 atom stereocenters. The van der Waals surface area contributed by atoms with Gasteiger partial charge in [-0.2, -0.15) is 11.8 Å². The number of ether oxygens (including phenoxy) is 1. The molecule has 1 aromatic carbocycles. The van der Waals surface area contributed by atoms with Gasteiger partial charge in [0.1, 0.15) is 11.8 Å². The number of esters is 1. The Morgan fingerprint density at radius 2 is 1.77 bits per heavy atom. The number of benzene rings is 1. The Morgan fingerprint density at radius 3 is 2.27 bits per heavy atom. The minimum atomic E-state index is -0.683. The minimum absolute atomic E-state index is 0.174. The first-order chi connectivity index (χ1) is 10.4. The van der Waals surface area contributed by atoms with E-state index < -0.39 is 12.0 Å². The van der Waals surface area contributed by atoms with Gasteiger partial charge in [0.15, 0.2) is 0 Å². The number of anilines is 1. The SMILES string of the molecule is CCSCC(NC(C)=O)C(=O)Oc1ccc(NC(C)=O)cc1. The molecule has 0 aliphatic rings. The third kappa shape index (κ3) is 6.62. The van der Waals surface area contributed by atoms with Crippen LogP contribution in [0.4, 0.5) is 5.69 Å². The second-order valence-electron chi connectivity index (χ2n) is 4.54. The van der Waals surface area contributed by atoms with E-state index in [1.165, 1.54) is 13.8 Å². The van der Waals surface area contributed by atoms with Crippen LogP contribution in [0, 0.1) is 0 Å². The molecule has 6 nitrogen and oxygen atoms in total. The highest BCUT2D eigenvalue weighted by atomic mass is 32.2. The summed E-state index contributed by atoms with van der Waals surface area (Å²) in [5.41, 5.74) is 0.618. The molecule has 1 unspecified atom stereocenters. The lowest BCUT2D eigenvalue weighted by Gasteiger charge is -2.16. The quantitative estimate of drug-likeness (QED) is 0.590. The van der Waals surface area contributed by atoms with Crippen molar-refractivity contribution in [2.75, 3.05) is 16.8 Å². The van der Waals surface area contributed by atoms with E-state index in [1.54, 1.807) is 36.0 Å². The Morgan fingerprint density at radius 1 is 1.14 bits per heavy atom. The molecule has 1 aromatic rings. The lowest BCUT2D eigenvalue weighted by atomic mass is 10.3. The highest BCUT2D eigenvalue weighted by Gasteiger charge is 2.21. The van der Waals surface area contributed by atoms with Crippen LogP contribution in [0.1, 0.15) is 20.8 Å². The van der Waals surface area contributed by atoms with Gasteiger partial charge in [-0.3, -0.25) is 9.59 Å². The maximum absolute atomic E-state index is 12.1. The van der Waals surface area contributed by atoms with Crippen LogP contribution < -0.4 is 15.4 Å². The van der Waals surface area contributed by atoms with Gasteiger partial charge in [0, 0.05) is 25.3 Å². The van der Waals surface area contributed by atoms with E-state index in [1.807, 2.05) is 6.92 Å². The van der Waals surface area contributed by atoms with Crippen LogP contribution in [-0.4, -0.2) is 35.3 Å². The Hall–Kier alpha value is -2.02. The van der Waals surface area contributed by atoms with Crippen molar-refractivity contribution in [3.8, 4) is 5.75 Å². The molecule has 22 heavy (non-hydrogen) atoms. The molecule has 120 valence electrons. The number of hydrogen-bond donors (Lipinski definition) is 2. The third-order valence-corrected chi connectivity index (χ3v) is 3.52. The van der Waals surface area contributed by atoms with E-state index in [0.29, 0.717) is 17.2 Å². The van der Waals surface area contributed by atoms with Crippen molar-refractivity contribution in [3.63, 3.8) is 0 Å². The Bertz CT molecular complexity index is 531. The summed E-state index contributed by atoms with van der Waals surface area (Å²) in [6.45, 7) is 4.75. The average Bonchev–Trinajstić information content (AvgIpc) is 2.44. The van der Waals surface area contributed by atoms with E-state index in [-0.39, 0.29) is 11.8 Å². The summed E-state index contributed by atoms with van der Waals surface area (Å²) >= 11 is 1.54. The second-order valence-corrected chi connectivity index (χ2v) is 5.86. The van der Waals surface area contributed by atoms with Crippen molar-refractivity contribution in [1.29, 1.82) is 0 Å². The van der Waals surface area contributed by atoms with Gasteiger partial charge in [0.2, 0.25) is 11.8 Å². The van der Waals surface area contributed by atoms with Crippen molar-refractivity contribution in [1.82, 2.24) is 5.32 Å². The maximum atomic E-state index is 12.1. The zero-order chi connectivity index (χ0) is 16.5. The minimum Gasteiger partial charge on any atom is -0.425 e. The summed E-state index contributed by atoms with van der Waals surface area (Å²) in [7, 11) is 0. The zero-order valence-corrected chi connectivity index (χ0v) is 13.7. The van der Waals surface area contributed by atoms with Crippen LogP contribution in [0.3, 0.4) is 0 Å². The largest absolute Gasteiger partial charge is 0.425 e. The molecule has 2 N–H and O–H groups in total. The molecule has 7 heteroatoms. The van der Waals surface area contributed by atoms with Gasteiger partial charge in [-0.15, -0.1) is 0 Å². The topological polar surface area (TPSA) is 84.5 Å². The van der Waals surface area contributed by atoms with Crippen LogP contribution in [0.5, 0.6) is 5.75 Å². The molecule has 0 aromatic heterocycles. The van der Waals surface area contributed by atoms with Crippen LogP contribution in [0.25, 0.3) is 0 Å². The zero-order valence-electron chi connectivity index (χ0n) is 12.8. The normalized spacial score (nSPS) is 11.4. The Kier molecular flexibility index (Phi) is 7.45. The van der Waals surface area contributed by atoms with Gasteiger partial charge >= 0.3 is 5.97 Å². The number of amides is 2. The second kappa shape index (κ2) is 9.09. The summed E-state index contributed by atoms with van der Waals surface area (Å²) in [6.07, 6.45) is 0. The monoisotopic (exact) mass is 324 g/mol. The first-order valence-electron chi connectivity index (χ1n) is 6.86. The number of hydrogen-bond acceptors (Lipinski definition) is 5. The summed E-state index contributed by atoms with van der Waals surface area (Å²) in [5.74, 6) is 0.694. The first kappa shape index (κ1) is 18.0. The van der Waals surface area contributed by atoms with E-state index in [2.05, 4.69) is 10.6 Å². The fourth-order valence-corrected chi connectivity index (χ4v) is 2.34. The lowest BCUT2D eigenvalue weighted by Crippen LogP contribution is -2.43. The number of carbonyl (C=O) groups excluding carboxylic acids is 3. The van der Waals surface area contributed by atoms with Crippen LogP contribution >= 0.6 is 11.8 Å². The molecule has 0 spiro atoms. The lowest BCUT2D eigenvalue weighted by molar-refractivity contribution is -0.138. The molecule has 0 heterocycles. The predicted molar refractivity (Wildman–Crippen MR) is 87.0 cm³/mol. The fourth-order valence-electron chi connectivity index (χ4n) is 1.65. The van der Waals surface area contributed by atoms with Crippen LogP contribution in [-0.2, 0) is 14.4 Å². The summed E-state index contributed by atoms with van der Waals surface area (Å²) in [6, 6.07) is 5.76. The molecule has 0 aliphatic heterocycles. The van der Waals surface area contributed by atoms with Gasteiger partial charge in [-0.1, -0.05) is 6.92 Å². The molecule has 1 rings (SSSR count). The highest BCUT2D eigenvalue weighted by molar-refractivity contribution is 7.99. The van der Waals surface area contributed by atoms with E-state index in [0.717, 1.165) is 5.75 Å². The standard InChI is InChI=1S/C15H20N2O4S/c1-4-22-9-14(17-11(3)19)15(20)21-13-7-5-12(6-8-13)16-10(2)18/h5-8,14H,4,9H2,1-3H3,(H,16,18)(H,17,19). The molecule has 0 aliphatic carbocycles. The fraction of sp³-hybridized carbons (Fsp3) is 0.400. The highest BCUT2D eigenvalue weighted by Crippen LogP contribution is 2.16. The number of carbonyl (C=O) groups is 3. The predicted octanol–water partition coefficient (Wildman–Crippen LogP) is 1.81. The van der Waals surface area contributed by atoms with E-state index >= 15 is 0 Å². The smallest absolute Gasteiger partial charge is 0.334 e. The summed E-state index contributed by atoms with van der Waals surface area (Å²) in [5, 5.41) is 5.20. The molecular weight excluding hydrogens is 304 g/mol. The van der Waals surface area contributed by atoms with Gasteiger partial charge < -0.3 is 15.4 Å². The van der Waals surface area contributed by atoms with Crippen molar-refractivity contribution < 1.29 is 19.1 Å². The van der Waals surface area contributed by atoms with Gasteiger partial charge in [-0.25, -0.2) is 4.79 Å². The van der Waals surface area contributed by atoms with Crippen LogP contribution in [0.2, 0.25) is 0 Å². The number of nitrogens with one attached hydrogen (secondary N) is 2. The van der Waals surface area contributed by atoms with Crippen molar-refractivity contribution in [2.45, 2.75) is 26.8 Å².